The van der Waals surface area contributed by atoms with Gasteiger partial charge in [-0.1, -0.05) is 30.3 Å². The Morgan fingerprint density at radius 3 is 2.82 bits per heavy atom. The van der Waals surface area contributed by atoms with Crippen LogP contribution in [0.5, 0.6) is 0 Å². The van der Waals surface area contributed by atoms with Crippen LogP contribution in [0.15, 0.2) is 35.8 Å². The third kappa shape index (κ3) is 2.86. The summed E-state index contributed by atoms with van der Waals surface area (Å²) in [6.07, 6.45) is -0.753. The molecule has 1 unspecified atom stereocenters. The van der Waals surface area contributed by atoms with E-state index in [1.165, 1.54) is 11.3 Å². The third-order valence-corrected chi connectivity index (χ3v) is 4.35. The lowest BCUT2D eigenvalue weighted by atomic mass is 10.1. The number of amides is 2. The van der Waals surface area contributed by atoms with Crippen LogP contribution in [0.1, 0.15) is 10.5 Å². The minimum Gasteiger partial charge on any atom is -0.367 e. The Balaban J connectivity index is 1.84. The Morgan fingerprint density at radius 1 is 1.32 bits per heavy atom. The van der Waals surface area contributed by atoms with Gasteiger partial charge in [0.25, 0.3) is 5.91 Å². The molecule has 0 saturated carbocycles. The molecule has 114 valence electrons. The number of benzene rings is 1. The fourth-order valence-corrected chi connectivity index (χ4v) is 3.14. The van der Waals surface area contributed by atoms with Gasteiger partial charge >= 0.3 is 0 Å². The van der Waals surface area contributed by atoms with Crippen LogP contribution in [0.4, 0.5) is 0 Å². The van der Waals surface area contributed by atoms with Crippen molar-refractivity contribution < 1.29 is 14.3 Å². The van der Waals surface area contributed by atoms with Gasteiger partial charge in [0.2, 0.25) is 5.91 Å². The number of carbonyl (C=O) groups is 2. The highest BCUT2D eigenvalue weighted by molar-refractivity contribution is 7.13. The summed E-state index contributed by atoms with van der Waals surface area (Å²) in [7, 11) is 0. The van der Waals surface area contributed by atoms with Crippen molar-refractivity contribution in [2.45, 2.75) is 6.10 Å². The zero-order valence-electron chi connectivity index (χ0n) is 11.8. The molecule has 2 amide bonds. The summed E-state index contributed by atoms with van der Waals surface area (Å²) in [5.41, 5.74) is 8.26. The van der Waals surface area contributed by atoms with Gasteiger partial charge in [0.05, 0.1) is 23.5 Å². The number of rotatable bonds is 3. The second kappa shape index (κ2) is 6.25. The molecule has 1 aliphatic heterocycles. The number of aromatic nitrogens is 1. The topological polar surface area (TPSA) is 85.5 Å². The molecule has 1 aromatic carbocycles. The summed E-state index contributed by atoms with van der Waals surface area (Å²) in [4.78, 5) is 30.5. The second-order valence-electron chi connectivity index (χ2n) is 4.91. The number of nitrogens with two attached hydrogens (primary N) is 1. The van der Waals surface area contributed by atoms with Crippen LogP contribution >= 0.6 is 11.3 Å². The molecule has 1 aromatic heterocycles. The van der Waals surface area contributed by atoms with Crippen LogP contribution in [-0.4, -0.2) is 47.5 Å². The molecule has 1 atom stereocenters. The van der Waals surface area contributed by atoms with E-state index in [2.05, 4.69) is 4.98 Å². The Labute approximate surface area is 131 Å². The maximum atomic E-state index is 12.7. The van der Waals surface area contributed by atoms with E-state index in [0.29, 0.717) is 18.8 Å². The van der Waals surface area contributed by atoms with Crippen LogP contribution in [0, 0.1) is 0 Å². The summed E-state index contributed by atoms with van der Waals surface area (Å²) in [5.74, 6) is -0.756. The fourth-order valence-electron chi connectivity index (χ4n) is 2.35. The maximum absolute atomic E-state index is 12.7. The first kappa shape index (κ1) is 14.7. The van der Waals surface area contributed by atoms with E-state index < -0.39 is 12.0 Å². The van der Waals surface area contributed by atoms with Gasteiger partial charge in [-0.3, -0.25) is 9.59 Å². The normalized spacial score (nSPS) is 18.2. The molecule has 0 aliphatic carbocycles. The van der Waals surface area contributed by atoms with E-state index in [-0.39, 0.29) is 12.5 Å². The Morgan fingerprint density at radius 2 is 2.09 bits per heavy atom. The zero-order chi connectivity index (χ0) is 15.5. The molecule has 0 spiro atoms. The average Bonchev–Trinajstić information content (AvgIpc) is 3.04. The van der Waals surface area contributed by atoms with Gasteiger partial charge in [0.15, 0.2) is 6.10 Å². The quantitative estimate of drug-likeness (QED) is 0.920. The standard InChI is InChI=1S/C15H15N3O3S/c16-14(19)11-8-18(6-7-21-11)15(20)12-13(22-9-17-12)10-4-2-1-3-5-10/h1-5,9,11H,6-8H2,(H2,16,19). The summed E-state index contributed by atoms with van der Waals surface area (Å²) in [5, 5.41) is 0. The van der Waals surface area contributed by atoms with E-state index in [1.54, 1.807) is 10.4 Å². The van der Waals surface area contributed by atoms with Crippen molar-refractivity contribution in [3.8, 4) is 10.4 Å². The molecular formula is C15H15N3O3S. The molecule has 0 bridgehead atoms. The highest BCUT2D eigenvalue weighted by atomic mass is 32.1. The molecule has 6 nitrogen and oxygen atoms in total. The van der Waals surface area contributed by atoms with Crippen LogP contribution in [-0.2, 0) is 9.53 Å². The van der Waals surface area contributed by atoms with E-state index in [9.17, 15) is 9.59 Å². The van der Waals surface area contributed by atoms with E-state index in [1.807, 2.05) is 30.3 Å². The van der Waals surface area contributed by atoms with Gasteiger partial charge in [-0.15, -0.1) is 11.3 Å². The molecule has 2 N–H and O–H groups in total. The second-order valence-corrected chi connectivity index (χ2v) is 5.76. The van der Waals surface area contributed by atoms with E-state index in [0.717, 1.165) is 10.4 Å². The molecule has 2 aromatic rings. The Kier molecular flexibility index (Phi) is 4.17. The molecule has 7 heteroatoms. The van der Waals surface area contributed by atoms with Gasteiger partial charge < -0.3 is 15.4 Å². The van der Waals surface area contributed by atoms with Gasteiger partial charge in [-0.25, -0.2) is 4.98 Å². The van der Waals surface area contributed by atoms with Gasteiger partial charge in [-0.2, -0.15) is 0 Å². The highest BCUT2D eigenvalue weighted by Crippen LogP contribution is 2.28. The summed E-state index contributed by atoms with van der Waals surface area (Å²) >= 11 is 1.42. The van der Waals surface area contributed by atoms with Crippen molar-refractivity contribution in [3.05, 3.63) is 41.5 Å². The first-order chi connectivity index (χ1) is 10.7. The van der Waals surface area contributed by atoms with Crippen molar-refractivity contribution in [2.75, 3.05) is 19.7 Å². The third-order valence-electron chi connectivity index (χ3n) is 3.48. The molecule has 0 radical (unpaired) electrons. The number of carbonyl (C=O) groups excluding carboxylic acids is 2. The number of primary amides is 1. The first-order valence-corrected chi connectivity index (χ1v) is 7.74. The van der Waals surface area contributed by atoms with Gasteiger partial charge in [0.1, 0.15) is 5.69 Å². The van der Waals surface area contributed by atoms with Gasteiger partial charge in [-0.05, 0) is 5.56 Å². The van der Waals surface area contributed by atoms with Crippen molar-refractivity contribution in [1.82, 2.24) is 9.88 Å². The summed E-state index contributed by atoms with van der Waals surface area (Å²) < 4.78 is 5.27. The average molecular weight is 317 g/mol. The smallest absolute Gasteiger partial charge is 0.274 e. The number of thiazole rings is 1. The van der Waals surface area contributed by atoms with Crippen molar-refractivity contribution in [1.29, 1.82) is 0 Å². The molecule has 22 heavy (non-hydrogen) atoms. The summed E-state index contributed by atoms with van der Waals surface area (Å²) in [6, 6.07) is 9.64. The largest absolute Gasteiger partial charge is 0.367 e. The lowest BCUT2D eigenvalue weighted by molar-refractivity contribution is -0.133. The van der Waals surface area contributed by atoms with Crippen LogP contribution in [0.25, 0.3) is 10.4 Å². The predicted octanol–water partition coefficient (Wildman–Crippen LogP) is 1.14. The van der Waals surface area contributed by atoms with Crippen LogP contribution in [0.3, 0.4) is 0 Å². The molecule has 2 heterocycles. The maximum Gasteiger partial charge on any atom is 0.274 e. The molecule has 1 saturated heterocycles. The number of ether oxygens (including phenoxy) is 1. The van der Waals surface area contributed by atoms with Crippen molar-refractivity contribution >= 4 is 23.2 Å². The van der Waals surface area contributed by atoms with E-state index >= 15 is 0 Å². The molecule has 3 rings (SSSR count). The molecule has 1 fully saturated rings. The van der Waals surface area contributed by atoms with Crippen molar-refractivity contribution in [3.63, 3.8) is 0 Å². The molecular weight excluding hydrogens is 302 g/mol. The van der Waals surface area contributed by atoms with Gasteiger partial charge in [0, 0.05) is 6.54 Å². The SMILES string of the molecule is NC(=O)C1CN(C(=O)c2ncsc2-c2ccccc2)CCO1. The van der Waals surface area contributed by atoms with Crippen molar-refractivity contribution in [2.24, 2.45) is 5.73 Å². The number of morpholine rings is 1. The number of hydrogen-bond donors (Lipinski definition) is 1. The zero-order valence-corrected chi connectivity index (χ0v) is 12.6. The monoisotopic (exact) mass is 317 g/mol. The predicted molar refractivity (Wildman–Crippen MR) is 82.4 cm³/mol. The van der Waals surface area contributed by atoms with Crippen LogP contribution in [0.2, 0.25) is 0 Å². The number of hydrogen-bond acceptors (Lipinski definition) is 5. The lowest BCUT2D eigenvalue weighted by Gasteiger charge is -2.31. The minimum absolute atomic E-state index is 0.167. The molecule has 1 aliphatic rings. The highest BCUT2D eigenvalue weighted by Gasteiger charge is 2.30. The fraction of sp³-hybridized carbons (Fsp3) is 0.267. The summed E-state index contributed by atoms with van der Waals surface area (Å²) in [6.45, 7) is 0.887. The van der Waals surface area contributed by atoms with Crippen LogP contribution < -0.4 is 5.73 Å². The lowest BCUT2D eigenvalue weighted by Crippen LogP contribution is -2.50. The Hall–Kier alpha value is -2.25. The van der Waals surface area contributed by atoms with E-state index in [4.69, 9.17) is 10.5 Å². The first-order valence-electron chi connectivity index (χ1n) is 6.86. The number of nitrogens with zero attached hydrogens (tertiary/aromatic N) is 2. The minimum atomic E-state index is -0.753. The Bertz CT molecular complexity index is 686.